The Labute approximate surface area is 132 Å². The zero-order chi connectivity index (χ0) is 15.0. The Kier molecular flexibility index (Phi) is 4.68. The summed E-state index contributed by atoms with van der Waals surface area (Å²) in [6.45, 7) is 9.26. The molecule has 0 bridgehead atoms. The number of nitrogens with zero attached hydrogens (tertiary/aromatic N) is 2. The van der Waals surface area contributed by atoms with Gasteiger partial charge in [-0.2, -0.15) is 5.10 Å². The molecule has 0 radical (unpaired) electrons. The van der Waals surface area contributed by atoms with Crippen LogP contribution in [0.5, 0.6) is 0 Å². The zero-order valence-corrected chi connectivity index (χ0v) is 15.3. The molecule has 1 saturated carbocycles. The van der Waals surface area contributed by atoms with E-state index in [9.17, 15) is 0 Å². The Hall–Kier alpha value is -0.310. The lowest BCUT2D eigenvalue weighted by Gasteiger charge is -2.43. The van der Waals surface area contributed by atoms with Crippen molar-refractivity contribution >= 4 is 15.9 Å². The van der Waals surface area contributed by atoms with Crippen molar-refractivity contribution < 1.29 is 0 Å². The van der Waals surface area contributed by atoms with Crippen LogP contribution < -0.4 is 0 Å². The first-order valence-corrected chi connectivity index (χ1v) is 8.93. The lowest BCUT2D eigenvalue weighted by molar-refractivity contribution is 0.102. The van der Waals surface area contributed by atoms with E-state index in [2.05, 4.69) is 66.5 Å². The third-order valence-electron chi connectivity index (χ3n) is 5.21. The summed E-state index contributed by atoms with van der Waals surface area (Å²) in [6, 6.07) is 2.25. The fraction of sp³-hybridized carbons (Fsp3) is 0.824. The molecule has 0 saturated heterocycles. The Morgan fingerprint density at radius 2 is 1.95 bits per heavy atom. The van der Waals surface area contributed by atoms with Gasteiger partial charge in [-0.25, -0.2) is 0 Å². The van der Waals surface area contributed by atoms with Gasteiger partial charge in [0.15, 0.2) is 0 Å². The van der Waals surface area contributed by atoms with E-state index in [1.807, 2.05) is 0 Å². The van der Waals surface area contributed by atoms with Gasteiger partial charge in [-0.15, -0.1) is 0 Å². The van der Waals surface area contributed by atoms with Crippen molar-refractivity contribution in [2.24, 2.45) is 23.8 Å². The minimum Gasteiger partial charge on any atom is -0.272 e. The Balaban J connectivity index is 2.07. The standard InChI is InChI=1S/C17H29BrN2/c1-13-10-15(20(5)19-13)11-17(12-18)8-6-14(7-9-17)16(2,3)4/h10,14H,6-9,11-12H2,1-5H3. The van der Waals surface area contributed by atoms with Gasteiger partial charge < -0.3 is 0 Å². The highest BCUT2D eigenvalue weighted by molar-refractivity contribution is 9.09. The molecule has 1 aliphatic rings. The SMILES string of the molecule is Cc1cc(CC2(CBr)CCC(C(C)(C)C)CC2)n(C)n1. The summed E-state index contributed by atoms with van der Waals surface area (Å²) < 4.78 is 2.07. The summed E-state index contributed by atoms with van der Waals surface area (Å²) in [5.74, 6) is 0.878. The Morgan fingerprint density at radius 1 is 1.35 bits per heavy atom. The molecule has 1 aromatic heterocycles. The first-order valence-electron chi connectivity index (χ1n) is 7.81. The first-order chi connectivity index (χ1) is 9.26. The largest absolute Gasteiger partial charge is 0.272 e. The minimum absolute atomic E-state index is 0.433. The third kappa shape index (κ3) is 3.47. The molecular formula is C17H29BrN2. The van der Waals surface area contributed by atoms with E-state index in [1.54, 1.807) is 0 Å². The van der Waals surface area contributed by atoms with Gasteiger partial charge in [0, 0.05) is 18.1 Å². The lowest BCUT2D eigenvalue weighted by Crippen LogP contribution is -2.35. The van der Waals surface area contributed by atoms with E-state index in [1.165, 1.54) is 31.4 Å². The number of hydrogen-bond donors (Lipinski definition) is 0. The van der Waals surface area contributed by atoms with Crippen LogP contribution in [0.25, 0.3) is 0 Å². The number of hydrogen-bond acceptors (Lipinski definition) is 1. The number of halogens is 1. The molecule has 0 spiro atoms. The Bertz CT molecular complexity index is 448. The molecule has 1 aliphatic carbocycles. The minimum atomic E-state index is 0.433. The smallest absolute Gasteiger partial charge is 0.0596 e. The van der Waals surface area contributed by atoms with Crippen LogP contribution in [0, 0.1) is 23.7 Å². The topological polar surface area (TPSA) is 17.8 Å². The molecule has 1 aromatic rings. The van der Waals surface area contributed by atoms with E-state index in [-0.39, 0.29) is 0 Å². The lowest BCUT2D eigenvalue weighted by atomic mass is 9.63. The average Bonchev–Trinajstić information content (AvgIpc) is 2.67. The second kappa shape index (κ2) is 5.82. The molecule has 20 heavy (non-hydrogen) atoms. The maximum atomic E-state index is 4.50. The molecule has 0 aliphatic heterocycles. The van der Waals surface area contributed by atoms with Gasteiger partial charge in [0.1, 0.15) is 0 Å². The zero-order valence-electron chi connectivity index (χ0n) is 13.7. The molecule has 0 amide bonds. The van der Waals surface area contributed by atoms with Crippen molar-refractivity contribution in [1.29, 1.82) is 0 Å². The Morgan fingerprint density at radius 3 is 2.35 bits per heavy atom. The highest BCUT2D eigenvalue weighted by Gasteiger charge is 2.38. The predicted molar refractivity (Wildman–Crippen MR) is 89.3 cm³/mol. The van der Waals surface area contributed by atoms with Gasteiger partial charge in [-0.3, -0.25) is 4.68 Å². The van der Waals surface area contributed by atoms with Crippen molar-refractivity contribution in [3.63, 3.8) is 0 Å². The van der Waals surface area contributed by atoms with E-state index < -0.39 is 0 Å². The van der Waals surface area contributed by atoms with Crippen LogP contribution in [0.15, 0.2) is 6.07 Å². The van der Waals surface area contributed by atoms with Crippen LogP contribution >= 0.6 is 15.9 Å². The summed E-state index contributed by atoms with van der Waals surface area (Å²) >= 11 is 3.80. The number of rotatable bonds is 3. The molecule has 0 N–H and O–H groups in total. The van der Waals surface area contributed by atoms with Crippen LogP contribution in [-0.2, 0) is 13.5 Å². The molecule has 0 aromatic carbocycles. The fourth-order valence-corrected chi connectivity index (χ4v) is 4.43. The second-order valence-electron chi connectivity index (χ2n) is 7.85. The number of aromatic nitrogens is 2. The molecule has 1 heterocycles. The van der Waals surface area contributed by atoms with Crippen molar-refractivity contribution in [3.8, 4) is 0 Å². The molecule has 3 heteroatoms. The molecule has 0 atom stereocenters. The van der Waals surface area contributed by atoms with Crippen LogP contribution in [0.1, 0.15) is 57.8 Å². The molecular weight excluding hydrogens is 312 g/mol. The van der Waals surface area contributed by atoms with Gasteiger partial charge >= 0.3 is 0 Å². The van der Waals surface area contributed by atoms with Gasteiger partial charge in [0.2, 0.25) is 0 Å². The second-order valence-corrected chi connectivity index (χ2v) is 8.41. The van der Waals surface area contributed by atoms with Crippen LogP contribution in [0.3, 0.4) is 0 Å². The molecule has 114 valence electrons. The summed E-state index contributed by atoms with van der Waals surface area (Å²) in [6.07, 6.45) is 6.57. The number of aryl methyl sites for hydroxylation is 2. The normalized spacial score (nSPS) is 27.8. The van der Waals surface area contributed by atoms with E-state index in [0.717, 1.165) is 23.4 Å². The molecule has 2 rings (SSSR count). The number of alkyl halides is 1. The molecule has 2 nitrogen and oxygen atoms in total. The summed E-state index contributed by atoms with van der Waals surface area (Å²) in [4.78, 5) is 0. The highest BCUT2D eigenvalue weighted by Crippen LogP contribution is 2.47. The maximum Gasteiger partial charge on any atom is 0.0596 e. The monoisotopic (exact) mass is 340 g/mol. The summed E-state index contributed by atoms with van der Waals surface area (Å²) in [7, 11) is 2.07. The van der Waals surface area contributed by atoms with Crippen molar-refractivity contribution in [2.75, 3.05) is 5.33 Å². The molecule has 0 unspecified atom stereocenters. The predicted octanol–water partition coefficient (Wildman–Crippen LogP) is 4.89. The summed E-state index contributed by atoms with van der Waals surface area (Å²) in [5, 5.41) is 5.61. The highest BCUT2D eigenvalue weighted by atomic mass is 79.9. The van der Waals surface area contributed by atoms with E-state index in [4.69, 9.17) is 0 Å². The molecule has 1 fully saturated rings. The maximum absolute atomic E-state index is 4.50. The van der Waals surface area contributed by atoms with Crippen LogP contribution in [-0.4, -0.2) is 15.1 Å². The van der Waals surface area contributed by atoms with Crippen LogP contribution in [0.4, 0.5) is 0 Å². The first kappa shape index (κ1) is 16.1. The van der Waals surface area contributed by atoms with Crippen molar-refractivity contribution in [1.82, 2.24) is 9.78 Å². The quantitative estimate of drug-likeness (QED) is 0.716. The van der Waals surface area contributed by atoms with Crippen LogP contribution in [0.2, 0.25) is 0 Å². The van der Waals surface area contributed by atoms with Gasteiger partial charge in [-0.1, -0.05) is 36.7 Å². The van der Waals surface area contributed by atoms with Gasteiger partial charge in [0.25, 0.3) is 0 Å². The average molecular weight is 341 g/mol. The summed E-state index contributed by atoms with van der Waals surface area (Å²) in [5.41, 5.74) is 3.41. The van der Waals surface area contributed by atoms with Crippen molar-refractivity contribution in [3.05, 3.63) is 17.5 Å². The van der Waals surface area contributed by atoms with E-state index >= 15 is 0 Å². The van der Waals surface area contributed by atoms with E-state index in [0.29, 0.717) is 10.8 Å². The van der Waals surface area contributed by atoms with Gasteiger partial charge in [0.05, 0.1) is 5.69 Å². The third-order valence-corrected chi connectivity index (χ3v) is 6.40. The van der Waals surface area contributed by atoms with Crippen molar-refractivity contribution in [2.45, 2.75) is 59.8 Å². The van der Waals surface area contributed by atoms with Gasteiger partial charge in [-0.05, 0) is 61.8 Å². The fourth-order valence-electron chi connectivity index (χ4n) is 3.67.